The first kappa shape index (κ1) is 19.5. The van der Waals surface area contributed by atoms with E-state index in [1.54, 1.807) is 48.5 Å². The van der Waals surface area contributed by atoms with Gasteiger partial charge in [-0.15, -0.1) is 0 Å². The highest BCUT2D eigenvalue weighted by Gasteiger charge is 2.16. The number of furan rings is 1. The second-order valence-corrected chi connectivity index (χ2v) is 6.72. The van der Waals surface area contributed by atoms with Crippen LogP contribution in [0.3, 0.4) is 0 Å². The van der Waals surface area contributed by atoms with Gasteiger partial charge in [0.15, 0.2) is 6.10 Å². The van der Waals surface area contributed by atoms with E-state index in [2.05, 4.69) is 10.5 Å². The highest BCUT2D eigenvalue weighted by Crippen LogP contribution is 2.35. The molecule has 0 spiro atoms. The SMILES string of the molecule is O=C(N/N=C\c1ccc(-c2cc(Cl)c(Cl)cc2Cl)o1)[C@@H](O)c1ccccc1. The highest BCUT2D eigenvalue weighted by molar-refractivity contribution is 6.44. The van der Waals surface area contributed by atoms with Crippen LogP contribution in [0.5, 0.6) is 0 Å². The fourth-order valence-electron chi connectivity index (χ4n) is 2.29. The molecule has 8 heteroatoms. The van der Waals surface area contributed by atoms with Gasteiger partial charge in [0.1, 0.15) is 11.5 Å². The van der Waals surface area contributed by atoms with Crippen molar-refractivity contribution in [3.8, 4) is 11.3 Å². The summed E-state index contributed by atoms with van der Waals surface area (Å²) in [4.78, 5) is 11.9. The minimum atomic E-state index is -1.31. The lowest BCUT2D eigenvalue weighted by Crippen LogP contribution is -2.25. The summed E-state index contributed by atoms with van der Waals surface area (Å²) < 4.78 is 5.62. The first-order valence-electron chi connectivity index (χ1n) is 7.76. The Morgan fingerprint density at radius 3 is 2.48 bits per heavy atom. The Balaban J connectivity index is 1.67. The predicted octanol–water partition coefficient (Wildman–Crippen LogP) is 5.09. The summed E-state index contributed by atoms with van der Waals surface area (Å²) in [5, 5.41) is 14.8. The lowest BCUT2D eigenvalue weighted by Gasteiger charge is -2.08. The molecule has 3 aromatic rings. The van der Waals surface area contributed by atoms with E-state index in [4.69, 9.17) is 39.2 Å². The van der Waals surface area contributed by atoms with Crippen LogP contribution in [0.25, 0.3) is 11.3 Å². The summed E-state index contributed by atoms with van der Waals surface area (Å²) in [5.41, 5.74) is 3.31. The van der Waals surface area contributed by atoms with Crippen molar-refractivity contribution >= 4 is 46.9 Å². The van der Waals surface area contributed by atoms with Crippen molar-refractivity contribution < 1.29 is 14.3 Å². The third-order valence-electron chi connectivity index (χ3n) is 3.63. The molecule has 27 heavy (non-hydrogen) atoms. The van der Waals surface area contributed by atoms with Crippen LogP contribution in [0.15, 0.2) is 64.1 Å². The number of carbonyl (C=O) groups excluding carboxylic acids is 1. The lowest BCUT2D eigenvalue weighted by molar-refractivity contribution is -0.129. The Bertz CT molecular complexity index is 987. The standard InChI is InChI=1S/C19H13Cl3N2O3/c20-14-9-16(22)15(21)8-13(14)17-7-6-12(27-17)10-23-24-19(26)18(25)11-4-2-1-3-5-11/h1-10,18,25H,(H,24,26)/b23-10-/t18-/m0/s1. The van der Waals surface area contributed by atoms with Crippen LogP contribution in [0.2, 0.25) is 15.1 Å². The summed E-state index contributed by atoms with van der Waals surface area (Å²) in [7, 11) is 0. The largest absolute Gasteiger partial charge is 0.455 e. The zero-order valence-electron chi connectivity index (χ0n) is 13.7. The molecule has 0 unspecified atom stereocenters. The fraction of sp³-hybridized carbons (Fsp3) is 0.0526. The number of hydrazone groups is 1. The topological polar surface area (TPSA) is 74.8 Å². The molecular formula is C19H13Cl3N2O3. The van der Waals surface area contributed by atoms with Crippen LogP contribution < -0.4 is 5.43 Å². The molecule has 0 saturated heterocycles. The molecule has 138 valence electrons. The van der Waals surface area contributed by atoms with E-state index in [-0.39, 0.29) is 0 Å². The lowest BCUT2D eigenvalue weighted by atomic mass is 10.1. The third-order valence-corrected chi connectivity index (χ3v) is 4.67. The van der Waals surface area contributed by atoms with E-state index in [9.17, 15) is 9.90 Å². The molecule has 0 bridgehead atoms. The molecule has 0 radical (unpaired) electrons. The average Bonchev–Trinajstić information content (AvgIpc) is 3.13. The molecular weight excluding hydrogens is 411 g/mol. The zero-order chi connectivity index (χ0) is 19.4. The normalized spacial score (nSPS) is 12.3. The van der Waals surface area contributed by atoms with Gasteiger partial charge < -0.3 is 9.52 Å². The molecule has 1 atom stereocenters. The van der Waals surface area contributed by atoms with Gasteiger partial charge in [-0.25, -0.2) is 5.43 Å². The molecule has 0 aliphatic rings. The second-order valence-electron chi connectivity index (χ2n) is 5.50. The van der Waals surface area contributed by atoms with Gasteiger partial charge in [-0.05, 0) is 29.8 Å². The molecule has 1 aromatic heterocycles. The fourth-order valence-corrected chi connectivity index (χ4v) is 2.93. The minimum Gasteiger partial charge on any atom is -0.455 e. The van der Waals surface area contributed by atoms with Crippen molar-refractivity contribution in [3.05, 3.63) is 81.0 Å². The Labute approximate surface area is 170 Å². The zero-order valence-corrected chi connectivity index (χ0v) is 16.0. The number of aliphatic hydroxyl groups is 1. The first-order valence-corrected chi connectivity index (χ1v) is 8.90. The third kappa shape index (κ3) is 4.70. The summed E-state index contributed by atoms with van der Waals surface area (Å²) in [5.74, 6) is 0.189. The quantitative estimate of drug-likeness (QED) is 0.341. The number of aliphatic hydroxyl groups excluding tert-OH is 1. The van der Waals surface area contributed by atoms with E-state index in [0.717, 1.165) is 0 Å². The maximum absolute atomic E-state index is 11.9. The van der Waals surface area contributed by atoms with Crippen molar-refractivity contribution in [2.24, 2.45) is 5.10 Å². The smallest absolute Gasteiger partial charge is 0.273 e. The van der Waals surface area contributed by atoms with Gasteiger partial charge in [0.2, 0.25) is 0 Å². The molecule has 0 fully saturated rings. The van der Waals surface area contributed by atoms with Crippen molar-refractivity contribution in [1.82, 2.24) is 5.43 Å². The minimum absolute atomic E-state index is 0.346. The van der Waals surface area contributed by atoms with Crippen molar-refractivity contribution in [2.45, 2.75) is 6.10 Å². The summed E-state index contributed by atoms with van der Waals surface area (Å²) in [6.45, 7) is 0. The molecule has 2 aromatic carbocycles. The number of amides is 1. The molecule has 1 heterocycles. The van der Waals surface area contributed by atoms with Gasteiger partial charge in [0.25, 0.3) is 5.91 Å². The van der Waals surface area contributed by atoms with E-state index in [1.807, 2.05) is 0 Å². The number of hydrogen-bond acceptors (Lipinski definition) is 4. The number of hydrogen-bond donors (Lipinski definition) is 2. The van der Waals surface area contributed by atoms with Crippen LogP contribution in [0.4, 0.5) is 0 Å². The maximum Gasteiger partial charge on any atom is 0.273 e. The molecule has 3 rings (SSSR count). The molecule has 0 aliphatic carbocycles. The van der Waals surface area contributed by atoms with E-state index in [1.165, 1.54) is 12.3 Å². The number of halogens is 3. The Morgan fingerprint density at radius 1 is 1.04 bits per heavy atom. The van der Waals surface area contributed by atoms with Crippen LogP contribution in [-0.4, -0.2) is 17.2 Å². The van der Waals surface area contributed by atoms with Crippen molar-refractivity contribution in [1.29, 1.82) is 0 Å². The monoisotopic (exact) mass is 422 g/mol. The molecule has 5 nitrogen and oxygen atoms in total. The number of carbonyl (C=O) groups is 1. The van der Waals surface area contributed by atoms with Gasteiger partial charge >= 0.3 is 0 Å². The maximum atomic E-state index is 11.9. The summed E-state index contributed by atoms with van der Waals surface area (Å²) in [6, 6.07) is 15.0. The summed E-state index contributed by atoms with van der Waals surface area (Å²) >= 11 is 18.1. The summed E-state index contributed by atoms with van der Waals surface area (Å²) in [6.07, 6.45) is -0.00426. The van der Waals surface area contributed by atoms with Crippen molar-refractivity contribution in [2.75, 3.05) is 0 Å². The number of rotatable bonds is 5. The van der Waals surface area contributed by atoms with Gasteiger partial charge in [-0.2, -0.15) is 5.10 Å². The molecule has 0 aliphatic heterocycles. The highest BCUT2D eigenvalue weighted by atomic mass is 35.5. The Kier molecular flexibility index (Phi) is 6.19. The van der Waals surface area contributed by atoms with E-state index < -0.39 is 12.0 Å². The van der Waals surface area contributed by atoms with E-state index in [0.29, 0.717) is 37.7 Å². The predicted molar refractivity (Wildman–Crippen MR) is 106 cm³/mol. The van der Waals surface area contributed by atoms with Crippen LogP contribution in [-0.2, 0) is 4.79 Å². The van der Waals surface area contributed by atoms with Crippen LogP contribution >= 0.6 is 34.8 Å². The molecule has 1 amide bonds. The molecule has 2 N–H and O–H groups in total. The van der Waals surface area contributed by atoms with Gasteiger partial charge in [-0.3, -0.25) is 4.79 Å². The Morgan fingerprint density at radius 2 is 1.74 bits per heavy atom. The van der Waals surface area contributed by atoms with E-state index >= 15 is 0 Å². The molecule has 0 saturated carbocycles. The van der Waals surface area contributed by atoms with Gasteiger partial charge in [0.05, 0.1) is 21.3 Å². The van der Waals surface area contributed by atoms with Crippen molar-refractivity contribution in [3.63, 3.8) is 0 Å². The Hall–Kier alpha value is -2.31. The first-order chi connectivity index (χ1) is 13.0. The number of benzene rings is 2. The average molecular weight is 424 g/mol. The second kappa shape index (κ2) is 8.59. The van der Waals surface area contributed by atoms with Gasteiger partial charge in [-0.1, -0.05) is 65.1 Å². The van der Waals surface area contributed by atoms with Gasteiger partial charge in [0, 0.05) is 5.56 Å². The number of nitrogens with zero attached hydrogens (tertiary/aromatic N) is 1. The van der Waals surface area contributed by atoms with Crippen LogP contribution in [0, 0.1) is 0 Å². The van der Waals surface area contributed by atoms with Crippen LogP contribution in [0.1, 0.15) is 17.4 Å². The number of nitrogens with one attached hydrogen (secondary N) is 1.